The van der Waals surface area contributed by atoms with Gasteiger partial charge in [0, 0.05) is 18.0 Å². The number of halogens is 1. The lowest BCUT2D eigenvalue weighted by Crippen LogP contribution is -2.48. The second kappa shape index (κ2) is 4.53. The Morgan fingerprint density at radius 2 is 2.47 bits per heavy atom. The first-order valence-corrected chi connectivity index (χ1v) is 6.88. The standard InChI is InChI=1S/C11H16BrNOS/c1-3-11(2)7-13-6-8(14-11)9-4-5-10(12)15-9/h4-5,8,13H,3,6-7H2,1-2H3. The van der Waals surface area contributed by atoms with Crippen molar-refractivity contribution in [2.24, 2.45) is 0 Å². The highest BCUT2D eigenvalue weighted by molar-refractivity contribution is 9.11. The van der Waals surface area contributed by atoms with E-state index in [1.807, 2.05) is 0 Å². The molecular weight excluding hydrogens is 274 g/mol. The number of ether oxygens (including phenoxy) is 1. The summed E-state index contributed by atoms with van der Waals surface area (Å²) < 4.78 is 7.32. The van der Waals surface area contributed by atoms with Gasteiger partial charge in [0.25, 0.3) is 0 Å². The molecule has 2 heterocycles. The van der Waals surface area contributed by atoms with Crippen molar-refractivity contribution in [1.82, 2.24) is 5.32 Å². The third-order valence-electron chi connectivity index (χ3n) is 2.91. The van der Waals surface area contributed by atoms with E-state index in [2.05, 4.69) is 47.2 Å². The van der Waals surface area contributed by atoms with Gasteiger partial charge < -0.3 is 10.1 Å². The molecular formula is C11H16BrNOS. The van der Waals surface area contributed by atoms with Crippen molar-refractivity contribution < 1.29 is 4.74 Å². The molecule has 0 bridgehead atoms. The number of nitrogens with one attached hydrogen (secondary N) is 1. The van der Waals surface area contributed by atoms with E-state index < -0.39 is 0 Å². The molecule has 0 amide bonds. The van der Waals surface area contributed by atoms with Crippen LogP contribution in [0.5, 0.6) is 0 Å². The highest BCUT2D eigenvalue weighted by Gasteiger charge is 2.32. The highest BCUT2D eigenvalue weighted by atomic mass is 79.9. The monoisotopic (exact) mass is 289 g/mol. The summed E-state index contributed by atoms with van der Waals surface area (Å²) >= 11 is 5.24. The predicted molar refractivity (Wildman–Crippen MR) is 67.4 cm³/mol. The van der Waals surface area contributed by atoms with Gasteiger partial charge >= 0.3 is 0 Å². The lowest BCUT2D eigenvalue weighted by molar-refractivity contribution is -0.108. The van der Waals surface area contributed by atoms with Crippen LogP contribution in [-0.2, 0) is 4.74 Å². The minimum absolute atomic E-state index is 0.0145. The fourth-order valence-corrected chi connectivity index (χ4v) is 3.22. The molecule has 15 heavy (non-hydrogen) atoms. The average Bonchev–Trinajstić information content (AvgIpc) is 2.65. The quantitative estimate of drug-likeness (QED) is 0.902. The Morgan fingerprint density at radius 3 is 3.07 bits per heavy atom. The van der Waals surface area contributed by atoms with Crippen LogP contribution in [0, 0.1) is 0 Å². The van der Waals surface area contributed by atoms with E-state index in [1.54, 1.807) is 11.3 Å². The van der Waals surface area contributed by atoms with E-state index in [4.69, 9.17) is 4.74 Å². The zero-order valence-electron chi connectivity index (χ0n) is 9.05. The molecule has 2 rings (SSSR count). The van der Waals surface area contributed by atoms with E-state index in [0.717, 1.165) is 19.5 Å². The molecule has 0 spiro atoms. The van der Waals surface area contributed by atoms with Crippen LogP contribution in [0.4, 0.5) is 0 Å². The van der Waals surface area contributed by atoms with E-state index in [0.29, 0.717) is 0 Å². The summed E-state index contributed by atoms with van der Waals surface area (Å²) in [5, 5.41) is 3.45. The summed E-state index contributed by atoms with van der Waals surface area (Å²) in [6.45, 7) is 6.22. The van der Waals surface area contributed by atoms with Crippen molar-refractivity contribution in [3.05, 3.63) is 20.8 Å². The maximum Gasteiger partial charge on any atom is 0.105 e. The van der Waals surface area contributed by atoms with Crippen LogP contribution in [0.3, 0.4) is 0 Å². The summed E-state index contributed by atoms with van der Waals surface area (Å²) in [7, 11) is 0. The van der Waals surface area contributed by atoms with Gasteiger partial charge in [0.05, 0.1) is 9.39 Å². The number of morpholine rings is 1. The van der Waals surface area contributed by atoms with E-state index >= 15 is 0 Å². The van der Waals surface area contributed by atoms with Gasteiger partial charge in [0.15, 0.2) is 0 Å². The van der Waals surface area contributed by atoms with Crippen LogP contribution in [0.2, 0.25) is 0 Å². The van der Waals surface area contributed by atoms with Crippen molar-refractivity contribution in [2.75, 3.05) is 13.1 Å². The summed E-state index contributed by atoms with van der Waals surface area (Å²) in [5.41, 5.74) is -0.0145. The Morgan fingerprint density at radius 1 is 1.67 bits per heavy atom. The van der Waals surface area contributed by atoms with Crippen molar-refractivity contribution >= 4 is 27.3 Å². The maximum absolute atomic E-state index is 6.15. The van der Waals surface area contributed by atoms with Crippen molar-refractivity contribution in [3.63, 3.8) is 0 Å². The van der Waals surface area contributed by atoms with E-state index in [1.165, 1.54) is 8.66 Å². The molecule has 0 aliphatic carbocycles. The van der Waals surface area contributed by atoms with Gasteiger partial charge in [-0.05, 0) is 41.4 Å². The SMILES string of the molecule is CCC1(C)CNCC(c2ccc(Br)s2)O1. The summed E-state index contributed by atoms with van der Waals surface area (Å²) in [5.74, 6) is 0. The highest BCUT2D eigenvalue weighted by Crippen LogP contribution is 2.34. The molecule has 1 saturated heterocycles. The average molecular weight is 290 g/mol. The second-order valence-corrected chi connectivity index (χ2v) is 6.68. The molecule has 1 aromatic rings. The molecule has 2 unspecified atom stereocenters. The van der Waals surface area contributed by atoms with Gasteiger partial charge in [-0.2, -0.15) is 0 Å². The predicted octanol–water partition coefficient (Wildman–Crippen LogP) is 3.34. The van der Waals surface area contributed by atoms with Gasteiger partial charge in [-0.15, -0.1) is 11.3 Å². The molecule has 1 aliphatic heterocycles. The minimum Gasteiger partial charge on any atom is -0.364 e. The number of hydrogen-bond acceptors (Lipinski definition) is 3. The van der Waals surface area contributed by atoms with Crippen LogP contribution in [-0.4, -0.2) is 18.7 Å². The molecule has 0 aromatic carbocycles. The molecule has 2 nitrogen and oxygen atoms in total. The van der Waals surface area contributed by atoms with Gasteiger partial charge in [-0.25, -0.2) is 0 Å². The Bertz CT molecular complexity index is 341. The first-order valence-electron chi connectivity index (χ1n) is 5.27. The summed E-state index contributed by atoms with van der Waals surface area (Å²) in [6.07, 6.45) is 1.25. The number of rotatable bonds is 2. The van der Waals surface area contributed by atoms with E-state index in [-0.39, 0.29) is 11.7 Å². The topological polar surface area (TPSA) is 21.3 Å². The largest absolute Gasteiger partial charge is 0.364 e. The fourth-order valence-electron chi connectivity index (χ4n) is 1.76. The molecule has 2 atom stereocenters. The molecule has 0 radical (unpaired) electrons. The van der Waals surface area contributed by atoms with Crippen LogP contribution in [0.25, 0.3) is 0 Å². The third-order valence-corrected chi connectivity index (χ3v) is 4.63. The van der Waals surface area contributed by atoms with Gasteiger partial charge in [-0.1, -0.05) is 6.92 Å². The number of hydrogen-bond donors (Lipinski definition) is 1. The van der Waals surface area contributed by atoms with Crippen molar-refractivity contribution in [1.29, 1.82) is 0 Å². The Balaban J connectivity index is 2.11. The normalized spacial score (nSPS) is 31.8. The summed E-state index contributed by atoms with van der Waals surface area (Å²) in [4.78, 5) is 1.30. The molecule has 0 saturated carbocycles. The minimum atomic E-state index is -0.0145. The molecule has 84 valence electrons. The third kappa shape index (κ3) is 2.61. The molecule has 1 aromatic heterocycles. The molecule has 1 N–H and O–H groups in total. The van der Waals surface area contributed by atoms with Crippen molar-refractivity contribution in [3.8, 4) is 0 Å². The Labute approximate surface area is 103 Å². The van der Waals surface area contributed by atoms with Crippen LogP contribution >= 0.6 is 27.3 Å². The van der Waals surface area contributed by atoms with Crippen molar-refractivity contribution in [2.45, 2.75) is 32.0 Å². The zero-order chi connectivity index (χ0) is 10.9. The Kier molecular flexibility index (Phi) is 3.50. The Hall–Kier alpha value is 0.1000. The first kappa shape index (κ1) is 11.6. The lowest BCUT2D eigenvalue weighted by Gasteiger charge is -2.38. The second-order valence-electron chi connectivity index (χ2n) is 4.18. The number of thiophene rings is 1. The van der Waals surface area contributed by atoms with Crippen LogP contribution in [0.1, 0.15) is 31.2 Å². The first-order chi connectivity index (χ1) is 7.13. The maximum atomic E-state index is 6.15. The molecule has 1 aliphatic rings. The van der Waals surface area contributed by atoms with Gasteiger partial charge in [-0.3, -0.25) is 0 Å². The van der Waals surface area contributed by atoms with Gasteiger partial charge in [0.1, 0.15) is 6.10 Å². The fraction of sp³-hybridized carbons (Fsp3) is 0.636. The van der Waals surface area contributed by atoms with E-state index in [9.17, 15) is 0 Å². The molecule has 1 fully saturated rings. The zero-order valence-corrected chi connectivity index (χ0v) is 11.5. The summed E-state index contributed by atoms with van der Waals surface area (Å²) in [6, 6.07) is 4.23. The smallest absolute Gasteiger partial charge is 0.105 e. The van der Waals surface area contributed by atoms with Crippen LogP contribution < -0.4 is 5.32 Å². The molecule has 4 heteroatoms. The lowest BCUT2D eigenvalue weighted by atomic mass is 10.0. The van der Waals surface area contributed by atoms with Crippen LogP contribution in [0.15, 0.2) is 15.9 Å². The van der Waals surface area contributed by atoms with Gasteiger partial charge in [0.2, 0.25) is 0 Å².